The molecule has 7 nitrogen and oxygen atoms in total. The number of imidazole rings is 1. The van der Waals surface area contributed by atoms with Gasteiger partial charge in [0.05, 0.1) is 21.9 Å². The van der Waals surface area contributed by atoms with Gasteiger partial charge < -0.3 is 4.90 Å². The molecule has 3 heterocycles. The Morgan fingerprint density at radius 3 is 2.67 bits per heavy atom. The summed E-state index contributed by atoms with van der Waals surface area (Å²) in [4.78, 5) is 7.02. The average molecular weight is 547 g/mol. The molecule has 4 aromatic rings. The Kier molecular flexibility index (Phi) is 7.23. The van der Waals surface area contributed by atoms with Crippen molar-refractivity contribution in [3.05, 3.63) is 75.8 Å². The van der Waals surface area contributed by atoms with E-state index in [-0.39, 0.29) is 5.82 Å². The van der Waals surface area contributed by atoms with Crippen LogP contribution in [0.2, 0.25) is 10.0 Å². The molecule has 1 fully saturated rings. The van der Waals surface area contributed by atoms with Gasteiger partial charge in [0.25, 0.3) is 0 Å². The van der Waals surface area contributed by atoms with Crippen LogP contribution >= 0.6 is 35.0 Å². The Balaban J connectivity index is 1.44. The molecule has 2 aromatic carbocycles. The van der Waals surface area contributed by atoms with Gasteiger partial charge in [-0.2, -0.15) is 0 Å². The number of nitrogens with zero attached hydrogens (tertiary/aromatic N) is 6. The topological polar surface area (TPSA) is 75.5 Å². The molecule has 0 aliphatic carbocycles. The molecule has 2 aromatic heterocycles. The molecule has 0 radical (unpaired) electrons. The van der Waals surface area contributed by atoms with Crippen LogP contribution in [0.15, 0.2) is 53.8 Å². The van der Waals surface area contributed by atoms with Crippen LogP contribution in [-0.4, -0.2) is 49.0 Å². The van der Waals surface area contributed by atoms with Crippen molar-refractivity contribution < 1.29 is 4.39 Å². The van der Waals surface area contributed by atoms with Gasteiger partial charge in [0.1, 0.15) is 5.82 Å². The first kappa shape index (κ1) is 25.0. The monoisotopic (exact) mass is 545 g/mol. The zero-order valence-corrected chi connectivity index (χ0v) is 22.3. The van der Waals surface area contributed by atoms with E-state index in [9.17, 15) is 4.39 Å². The zero-order chi connectivity index (χ0) is 25.3. The predicted octanol–water partition coefficient (Wildman–Crippen LogP) is 6.17. The summed E-state index contributed by atoms with van der Waals surface area (Å²) in [5.74, 6) is 1.78. The number of piperidine rings is 1. The molecule has 1 aliphatic heterocycles. The lowest BCUT2D eigenvalue weighted by Gasteiger charge is -2.31. The highest BCUT2D eigenvalue weighted by molar-refractivity contribution is 7.99. The van der Waals surface area contributed by atoms with Gasteiger partial charge >= 0.3 is 0 Å². The second kappa shape index (κ2) is 10.4. The van der Waals surface area contributed by atoms with E-state index in [4.69, 9.17) is 28.2 Å². The highest BCUT2D eigenvalue weighted by Crippen LogP contribution is 2.38. The second-order valence-corrected chi connectivity index (χ2v) is 11.3. The third kappa shape index (κ3) is 5.10. The molecule has 0 spiro atoms. The van der Waals surface area contributed by atoms with Gasteiger partial charge in [-0.1, -0.05) is 60.0 Å². The lowest BCUT2D eigenvalue weighted by atomic mass is 9.81. The number of hydrogen-bond donors (Lipinski definition) is 1. The van der Waals surface area contributed by atoms with Crippen LogP contribution in [0.25, 0.3) is 5.69 Å². The number of nitrogens with one attached hydrogen (secondary N) is 1. The van der Waals surface area contributed by atoms with Crippen LogP contribution in [0.3, 0.4) is 0 Å². The summed E-state index contributed by atoms with van der Waals surface area (Å²) in [6, 6.07) is 12.2. The molecule has 1 atom stereocenters. The molecule has 0 amide bonds. The first-order valence-corrected chi connectivity index (χ1v) is 13.5. The van der Waals surface area contributed by atoms with Crippen LogP contribution in [0.1, 0.15) is 37.9 Å². The summed E-state index contributed by atoms with van der Waals surface area (Å²) < 4.78 is 15.9. The fourth-order valence-corrected chi connectivity index (χ4v) is 6.04. The van der Waals surface area contributed by atoms with Gasteiger partial charge in [0.2, 0.25) is 5.95 Å². The maximum Gasteiger partial charge on any atom is 0.242 e. The van der Waals surface area contributed by atoms with Crippen LogP contribution in [-0.2, 0) is 5.41 Å². The Hall–Kier alpha value is -2.62. The molecule has 0 saturated carbocycles. The molecular formula is C25H26Cl2FN7S. The normalized spacial score (nSPS) is 16.5. The third-order valence-electron chi connectivity index (χ3n) is 6.70. The Bertz CT molecular complexity index is 1320. The third-order valence-corrected chi connectivity index (χ3v) is 8.62. The predicted molar refractivity (Wildman–Crippen MR) is 142 cm³/mol. The quantitative estimate of drug-likeness (QED) is 0.280. The van der Waals surface area contributed by atoms with Gasteiger partial charge in [-0.25, -0.2) is 14.5 Å². The Morgan fingerprint density at radius 1 is 1.14 bits per heavy atom. The number of H-pyrrole nitrogens is 1. The molecular weight excluding hydrogens is 520 g/mol. The van der Waals surface area contributed by atoms with E-state index in [1.54, 1.807) is 23.9 Å². The van der Waals surface area contributed by atoms with Crippen LogP contribution in [0.5, 0.6) is 0 Å². The number of aromatic amines is 1. The van der Waals surface area contributed by atoms with Gasteiger partial charge in [0.15, 0.2) is 5.16 Å². The van der Waals surface area contributed by atoms with Crippen molar-refractivity contribution in [1.29, 1.82) is 0 Å². The van der Waals surface area contributed by atoms with Crippen LogP contribution in [0, 0.1) is 11.7 Å². The first-order chi connectivity index (χ1) is 17.3. The van der Waals surface area contributed by atoms with E-state index in [0.29, 0.717) is 21.9 Å². The van der Waals surface area contributed by atoms with Gasteiger partial charge in [0, 0.05) is 29.9 Å². The van der Waals surface area contributed by atoms with Crippen molar-refractivity contribution in [3.63, 3.8) is 0 Å². The Labute approximate surface area is 223 Å². The number of thioether (sulfide) groups is 1. The van der Waals surface area contributed by atoms with E-state index in [2.05, 4.69) is 43.9 Å². The van der Waals surface area contributed by atoms with Crippen molar-refractivity contribution in [3.8, 4) is 5.69 Å². The maximum atomic E-state index is 13.8. The van der Waals surface area contributed by atoms with E-state index < -0.39 is 5.41 Å². The summed E-state index contributed by atoms with van der Waals surface area (Å²) in [6.45, 7) is 6.07. The summed E-state index contributed by atoms with van der Waals surface area (Å²) >= 11 is 14.2. The summed E-state index contributed by atoms with van der Waals surface area (Å²) in [6.07, 6.45) is 4.11. The summed E-state index contributed by atoms with van der Waals surface area (Å²) in [5.41, 5.74) is 2.42. The number of anilines is 1. The molecule has 11 heteroatoms. The lowest BCUT2D eigenvalue weighted by Crippen LogP contribution is -2.37. The first-order valence-electron chi connectivity index (χ1n) is 11.7. The molecule has 0 bridgehead atoms. The van der Waals surface area contributed by atoms with Crippen molar-refractivity contribution in [2.24, 2.45) is 5.92 Å². The van der Waals surface area contributed by atoms with Crippen LogP contribution < -0.4 is 4.90 Å². The minimum Gasteiger partial charge on any atom is -0.340 e. The van der Waals surface area contributed by atoms with E-state index >= 15 is 0 Å². The molecule has 5 rings (SSSR count). The number of halogens is 3. The van der Waals surface area contributed by atoms with E-state index in [1.807, 2.05) is 24.4 Å². The van der Waals surface area contributed by atoms with E-state index in [0.717, 1.165) is 53.8 Å². The molecule has 1 N–H and O–H groups in total. The lowest BCUT2D eigenvalue weighted by molar-refractivity contribution is 0.448. The largest absolute Gasteiger partial charge is 0.340 e. The number of benzene rings is 2. The number of tetrazole rings is 1. The molecule has 1 unspecified atom stereocenters. The zero-order valence-electron chi connectivity index (χ0n) is 20.0. The van der Waals surface area contributed by atoms with Crippen molar-refractivity contribution in [1.82, 2.24) is 30.2 Å². The molecule has 188 valence electrons. The fraction of sp³-hybridized carbons (Fsp3) is 0.360. The summed E-state index contributed by atoms with van der Waals surface area (Å²) in [7, 11) is 0. The fourth-order valence-electron chi connectivity index (χ4n) is 4.62. The van der Waals surface area contributed by atoms with E-state index in [1.165, 1.54) is 12.1 Å². The van der Waals surface area contributed by atoms with Gasteiger partial charge in [-0.3, -0.25) is 4.57 Å². The highest BCUT2D eigenvalue weighted by atomic mass is 35.5. The standard InChI is InChI=1S/C25H26Cl2FN7S/c1-25(2,17-5-10-20(26)21(27)12-17)22-13-29-24(35(22)19-8-6-18(28)7-9-19)36-15-16-4-3-11-34(14-16)23-30-32-33-31-23/h5-10,12-13,16H,3-4,11,14-15H2,1-2H3,(H,30,31,32,33). The Morgan fingerprint density at radius 2 is 1.94 bits per heavy atom. The minimum atomic E-state index is -0.435. The molecule has 36 heavy (non-hydrogen) atoms. The summed E-state index contributed by atoms with van der Waals surface area (Å²) in [5, 5.41) is 16.2. The second-order valence-electron chi connectivity index (χ2n) is 9.48. The molecule has 1 aliphatic rings. The van der Waals surface area contributed by atoms with Crippen LogP contribution in [0.4, 0.5) is 10.3 Å². The van der Waals surface area contributed by atoms with Crippen molar-refractivity contribution >= 4 is 40.9 Å². The van der Waals surface area contributed by atoms with Crippen molar-refractivity contribution in [2.75, 3.05) is 23.7 Å². The average Bonchev–Trinajstić information content (AvgIpc) is 3.56. The van der Waals surface area contributed by atoms with Crippen molar-refractivity contribution in [2.45, 2.75) is 37.3 Å². The van der Waals surface area contributed by atoms with Gasteiger partial charge in [-0.05, 0) is 71.1 Å². The number of rotatable bonds is 7. The minimum absolute atomic E-state index is 0.275. The smallest absolute Gasteiger partial charge is 0.242 e. The van der Waals surface area contributed by atoms with Gasteiger partial charge in [-0.15, -0.1) is 0 Å². The highest BCUT2D eigenvalue weighted by Gasteiger charge is 2.31. The number of aromatic nitrogens is 6. The molecule has 1 saturated heterocycles. The maximum absolute atomic E-state index is 13.8. The number of hydrogen-bond acceptors (Lipinski definition) is 6. The SMILES string of the molecule is CC(C)(c1ccc(Cl)c(Cl)c1)c1cnc(SCC2CCCN(c3nnn[nH]3)C2)n1-c1ccc(F)cc1.